The fraction of sp³-hybridized carbons (Fsp3) is 0.225. The molecule has 3 N–H and O–H groups in total. The Balaban J connectivity index is 1.36. The standard InChI is InChI=1S/C40H36FN9O10S/c1-46-21-28(36(41)45-46)34-32(23-11-9-22(19-42)10-12-23)33-35-30(20-43-37(33)49(34)61(56,57)27-7-5-4-6-8-27)47(2)39(52)48(35)25-17-29(44-38(51)58-3)31(18-25)60-40(53)59-26-15-13-24(14-16-26)50(54)55/h4-16,20-21,25,29,31H,17-19,42H2,1-3H3,(H,44,51)/t25-,29-,31+/m0/s1. The van der Waals surface area contributed by atoms with E-state index in [4.69, 9.17) is 19.9 Å². The Morgan fingerprint density at radius 1 is 1.03 bits per heavy atom. The molecule has 3 aromatic carbocycles. The number of pyridine rings is 1. The number of carbonyl (C=O) groups excluding carboxylic acids is 2. The minimum atomic E-state index is -4.57. The van der Waals surface area contributed by atoms with Crippen LogP contribution in [-0.2, 0) is 40.1 Å². The maximum absolute atomic E-state index is 16.1. The number of benzene rings is 3. The summed E-state index contributed by atoms with van der Waals surface area (Å²) in [6, 6.07) is 17.4. The summed E-state index contributed by atoms with van der Waals surface area (Å²) in [5.41, 5.74) is 6.65. The number of nitro benzene ring substituents is 1. The third kappa shape index (κ3) is 7.12. The van der Waals surface area contributed by atoms with E-state index >= 15 is 4.39 Å². The fourth-order valence-electron chi connectivity index (χ4n) is 7.82. The quantitative estimate of drug-likeness (QED) is 0.0785. The van der Waals surface area contributed by atoms with Gasteiger partial charge in [0.2, 0.25) is 5.95 Å². The molecule has 4 heterocycles. The summed E-state index contributed by atoms with van der Waals surface area (Å²) in [5.74, 6) is -1.02. The first-order valence-electron chi connectivity index (χ1n) is 18.6. The van der Waals surface area contributed by atoms with Crippen LogP contribution in [0, 0.1) is 16.1 Å². The van der Waals surface area contributed by atoms with Crippen LogP contribution in [-0.4, -0.2) is 72.7 Å². The van der Waals surface area contributed by atoms with E-state index in [2.05, 4.69) is 15.4 Å². The Morgan fingerprint density at radius 3 is 2.36 bits per heavy atom. The molecular formula is C40H36FN9O10S. The summed E-state index contributed by atoms with van der Waals surface area (Å²) in [6.45, 7) is 0.200. The molecular weight excluding hydrogens is 818 g/mol. The Labute approximate surface area is 344 Å². The molecule has 0 spiro atoms. The van der Waals surface area contributed by atoms with Gasteiger partial charge in [-0.05, 0) is 41.8 Å². The molecule has 1 aliphatic rings. The van der Waals surface area contributed by atoms with Gasteiger partial charge in [0.1, 0.15) is 11.9 Å². The molecule has 8 rings (SSSR count). The topological polar surface area (TPSA) is 240 Å². The van der Waals surface area contributed by atoms with Gasteiger partial charge in [0.15, 0.2) is 5.65 Å². The van der Waals surface area contributed by atoms with Crippen LogP contribution in [0.15, 0.2) is 101 Å². The molecule has 0 aliphatic heterocycles. The SMILES string of the molecule is COC(=O)N[C@H]1C[C@H](n2c(=O)n(C)c3cnc4c(c(-c5ccc(CN)cc5)c(-c5cn(C)nc5F)n4S(=O)(=O)c4ccccc4)c32)C[C@H]1OC(=O)Oc1ccc([N+](=O)[O-])cc1. The van der Waals surface area contributed by atoms with Gasteiger partial charge in [-0.15, -0.1) is 5.10 Å². The van der Waals surface area contributed by atoms with Crippen molar-refractivity contribution in [2.75, 3.05) is 7.11 Å². The van der Waals surface area contributed by atoms with E-state index in [1.54, 1.807) is 42.5 Å². The van der Waals surface area contributed by atoms with E-state index in [0.717, 1.165) is 28.8 Å². The van der Waals surface area contributed by atoms with Crippen LogP contribution in [0.4, 0.5) is 19.7 Å². The van der Waals surface area contributed by atoms with E-state index < -0.39 is 57.0 Å². The van der Waals surface area contributed by atoms with Crippen molar-refractivity contribution in [2.45, 2.75) is 42.5 Å². The number of methoxy groups -OCH3 is 1. The maximum atomic E-state index is 16.1. The lowest BCUT2D eigenvalue weighted by Crippen LogP contribution is -2.42. The molecule has 0 bridgehead atoms. The number of non-ortho nitro benzene ring substituents is 1. The highest BCUT2D eigenvalue weighted by Crippen LogP contribution is 2.46. The molecule has 1 amide bonds. The van der Waals surface area contributed by atoms with Crippen LogP contribution in [0.2, 0.25) is 0 Å². The summed E-state index contributed by atoms with van der Waals surface area (Å²) in [7, 11) is -0.411. The third-order valence-corrected chi connectivity index (χ3v) is 12.3. The van der Waals surface area contributed by atoms with Crippen LogP contribution < -0.4 is 21.5 Å². The number of nitrogens with zero attached hydrogens (tertiary/aromatic N) is 7. The van der Waals surface area contributed by atoms with Gasteiger partial charge in [-0.2, -0.15) is 4.39 Å². The number of carbonyl (C=O) groups is 2. The number of imidazole rings is 1. The molecule has 0 saturated heterocycles. The molecule has 19 nitrogen and oxygen atoms in total. The molecule has 0 radical (unpaired) electrons. The predicted octanol–water partition coefficient (Wildman–Crippen LogP) is 5.14. The average Bonchev–Trinajstić information content (AvgIpc) is 3.98. The molecule has 7 aromatic rings. The molecule has 1 aliphatic carbocycles. The largest absolute Gasteiger partial charge is 0.514 e. The molecule has 21 heteroatoms. The number of rotatable bonds is 10. The number of ether oxygens (including phenoxy) is 3. The number of nitrogens with one attached hydrogen (secondary N) is 1. The highest BCUT2D eigenvalue weighted by atomic mass is 32.2. The lowest BCUT2D eigenvalue weighted by Gasteiger charge is -2.19. The first-order chi connectivity index (χ1) is 29.2. The van der Waals surface area contributed by atoms with Crippen molar-refractivity contribution in [3.63, 3.8) is 0 Å². The third-order valence-electron chi connectivity index (χ3n) is 10.6. The van der Waals surface area contributed by atoms with Gasteiger partial charge in [0.05, 0.1) is 56.8 Å². The van der Waals surface area contributed by atoms with Crippen LogP contribution >= 0.6 is 0 Å². The van der Waals surface area contributed by atoms with E-state index in [1.807, 2.05) is 0 Å². The molecule has 0 unspecified atom stereocenters. The number of aryl methyl sites for hydroxylation is 2. The Bertz CT molecular complexity index is 3030. The number of halogens is 1. The van der Waals surface area contributed by atoms with Crippen molar-refractivity contribution >= 4 is 50.0 Å². The smallest absolute Gasteiger partial charge is 0.453 e. The van der Waals surface area contributed by atoms with Crippen molar-refractivity contribution in [3.8, 4) is 28.1 Å². The number of alkyl carbamates (subject to hydrolysis) is 1. The van der Waals surface area contributed by atoms with Gasteiger partial charge in [0, 0.05) is 57.0 Å². The summed E-state index contributed by atoms with van der Waals surface area (Å²) in [5, 5.41) is 17.8. The number of hydrogen-bond acceptors (Lipinski definition) is 13. The van der Waals surface area contributed by atoms with Crippen LogP contribution in [0.25, 0.3) is 44.5 Å². The number of nitro groups is 1. The molecule has 1 saturated carbocycles. The van der Waals surface area contributed by atoms with Crippen molar-refractivity contribution in [1.82, 2.24) is 33.2 Å². The van der Waals surface area contributed by atoms with E-state index in [1.165, 1.54) is 64.6 Å². The van der Waals surface area contributed by atoms with Gasteiger partial charge in [-0.25, -0.2) is 31.8 Å². The van der Waals surface area contributed by atoms with Crippen molar-refractivity contribution in [1.29, 1.82) is 0 Å². The first-order valence-corrected chi connectivity index (χ1v) is 20.1. The normalized spacial score (nSPS) is 16.5. The maximum Gasteiger partial charge on any atom is 0.514 e. The summed E-state index contributed by atoms with van der Waals surface area (Å²) in [4.78, 5) is 55.3. The second kappa shape index (κ2) is 15.7. The minimum Gasteiger partial charge on any atom is -0.453 e. The Hall–Kier alpha value is -7.39. The van der Waals surface area contributed by atoms with E-state index in [-0.39, 0.29) is 74.6 Å². The zero-order valence-corrected chi connectivity index (χ0v) is 33.4. The van der Waals surface area contributed by atoms with Crippen molar-refractivity contribution in [3.05, 3.63) is 123 Å². The number of amides is 1. The highest BCUT2D eigenvalue weighted by molar-refractivity contribution is 7.90. The van der Waals surface area contributed by atoms with Crippen LogP contribution in [0.5, 0.6) is 5.75 Å². The van der Waals surface area contributed by atoms with Crippen molar-refractivity contribution < 1.29 is 41.5 Å². The predicted molar refractivity (Wildman–Crippen MR) is 217 cm³/mol. The monoisotopic (exact) mass is 853 g/mol. The van der Waals surface area contributed by atoms with Gasteiger partial charge in [-0.3, -0.25) is 23.9 Å². The average molecular weight is 854 g/mol. The number of nitrogens with two attached hydrogens (primary N) is 1. The lowest BCUT2D eigenvalue weighted by atomic mass is 9.98. The molecule has 61 heavy (non-hydrogen) atoms. The lowest BCUT2D eigenvalue weighted by molar-refractivity contribution is -0.384. The molecule has 3 atom stereocenters. The summed E-state index contributed by atoms with van der Waals surface area (Å²) >= 11 is 0. The molecule has 1 fully saturated rings. The number of hydrogen-bond donors (Lipinski definition) is 2. The van der Waals surface area contributed by atoms with E-state index in [9.17, 15) is 32.9 Å². The number of fused-ring (bicyclic) bond motifs is 3. The highest BCUT2D eigenvalue weighted by Gasteiger charge is 2.42. The number of aromatic nitrogens is 6. The second-order valence-electron chi connectivity index (χ2n) is 14.2. The zero-order valence-electron chi connectivity index (χ0n) is 32.6. The Kier molecular flexibility index (Phi) is 10.4. The molecule has 4 aromatic heterocycles. The van der Waals surface area contributed by atoms with E-state index in [0.29, 0.717) is 5.56 Å². The van der Waals surface area contributed by atoms with Gasteiger partial charge in [-0.1, -0.05) is 42.5 Å². The zero-order chi connectivity index (χ0) is 43.3. The fourth-order valence-corrected chi connectivity index (χ4v) is 9.33. The first kappa shape index (κ1) is 40.4. The summed E-state index contributed by atoms with van der Waals surface area (Å²) in [6.07, 6.45) is -0.517. The van der Waals surface area contributed by atoms with Gasteiger partial charge >= 0.3 is 17.9 Å². The van der Waals surface area contributed by atoms with Crippen molar-refractivity contribution in [2.24, 2.45) is 19.8 Å². The molecule has 314 valence electrons. The van der Waals surface area contributed by atoms with Gasteiger partial charge in [0.25, 0.3) is 15.7 Å². The second-order valence-corrected chi connectivity index (χ2v) is 16.0. The Morgan fingerprint density at radius 2 is 1.74 bits per heavy atom. The van der Waals surface area contributed by atoms with Crippen LogP contribution in [0.3, 0.4) is 0 Å². The van der Waals surface area contributed by atoms with Crippen LogP contribution in [0.1, 0.15) is 24.4 Å². The summed E-state index contributed by atoms with van der Waals surface area (Å²) < 4.78 is 66.6. The minimum absolute atomic E-state index is 0.00105. The van der Waals surface area contributed by atoms with Gasteiger partial charge < -0.3 is 25.3 Å².